The van der Waals surface area contributed by atoms with Gasteiger partial charge in [0.05, 0.1) is 20.3 Å². The molecule has 2 atom stereocenters. The van der Waals surface area contributed by atoms with Crippen molar-refractivity contribution in [3.63, 3.8) is 0 Å². The second-order valence-corrected chi connectivity index (χ2v) is 5.59. The first-order valence-electron chi connectivity index (χ1n) is 7.28. The van der Waals surface area contributed by atoms with Crippen LogP contribution >= 0.6 is 0 Å². The highest BCUT2D eigenvalue weighted by atomic mass is 16.5. The SMILES string of the molecule is COc1cc(C[NH2+][C@H]2CCCC[C@H]2C)cc(OC)c1. The van der Waals surface area contributed by atoms with Gasteiger partial charge in [-0.15, -0.1) is 0 Å². The molecule has 0 radical (unpaired) electrons. The fourth-order valence-corrected chi connectivity index (χ4v) is 2.97. The molecule has 1 aromatic carbocycles. The summed E-state index contributed by atoms with van der Waals surface area (Å²) in [7, 11) is 3.40. The average molecular weight is 264 g/mol. The maximum Gasteiger partial charge on any atom is 0.123 e. The van der Waals surface area contributed by atoms with Gasteiger partial charge in [0.25, 0.3) is 0 Å². The van der Waals surface area contributed by atoms with Crippen LogP contribution in [0.25, 0.3) is 0 Å². The second kappa shape index (κ2) is 6.80. The Morgan fingerprint density at radius 2 is 1.68 bits per heavy atom. The van der Waals surface area contributed by atoms with E-state index in [1.54, 1.807) is 14.2 Å². The van der Waals surface area contributed by atoms with Crippen molar-refractivity contribution in [2.45, 2.75) is 45.2 Å². The predicted molar refractivity (Wildman–Crippen MR) is 76.6 cm³/mol. The monoisotopic (exact) mass is 264 g/mol. The van der Waals surface area contributed by atoms with E-state index >= 15 is 0 Å². The summed E-state index contributed by atoms with van der Waals surface area (Å²) in [5.74, 6) is 2.58. The van der Waals surface area contributed by atoms with Crippen molar-refractivity contribution in [3.8, 4) is 11.5 Å². The summed E-state index contributed by atoms with van der Waals surface area (Å²) in [6, 6.07) is 6.90. The van der Waals surface area contributed by atoms with Crippen LogP contribution in [0, 0.1) is 5.92 Å². The van der Waals surface area contributed by atoms with Crippen LogP contribution in [0.5, 0.6) is 11.5 Å². The number of hydrogen-bond donors (Lipinski definition) is 1. The standard InChI is InChI=1S/C16H25NO2/c1-12-6-4-5-7-16(12)17-11-13-8-14(18-2)10-15(9-13)19-3/h8-10,12,16-17H,4-7,11H2,1-3H3/p+1/t12-,16+/m1/s1. The van der Waals surface area contributed by atoms with Crippen molar-refractivity contribution in [2.75, 3.05) is 14.2 Å². The van der Waals surface area contributed by atoms with E-state index in [2.05, 4.69) is 24.4 Å². The van der Waals surface area contributed by atoms with Crippen molar-refractivity contribution >= 4 is 0 Å². The van der Waals surface area contributed by atoms with E-state index in [0.717, 1.165) is 30.0 Å². The molecule has 0 unspecified atom stereocenters. The van der Waals surface area contributed by atoms with Gasteiger partial charge in [-0.3, -0.25) is 0 Å². The minimum atomic E-state index is 0.769. The number of benzene rings is 1. The first-order valence-corrected chi connectivity index (χ1v) is 7.28. The third-order valence-electron chi connectivity index (χ3n) is 4.25. The topological polar surface area (TPSA) is 35.1 Å². The molecule has 0 bridgehead atoms. The zero-order chi connectivity index (χ0) is 13.7. The largest absolute Gasteiger partial charge is 0.497 e. The Bertz CT molecular complexity index is 383. The van der Waals surface area contributed by atoms with Gasteiger partial charge in [-0.25, -0.2) is 0 Å². The highest BCUT2D eigenvalue weighted by Crippen LogP contribution is 2.23. The maximum absolute atomic E-state index is 5.32. The van der Waals surface area contributed by atoms with Crippen LogP contribution in [0.15, 0.2) is 18.2 Å². The highest BCUT2D eigenvalue weighted by Gasteiger charge is 2.23. The molecule has 0 spiro atoms. The summed E-state index contributed by atoms with van der Waals surface area (Å²) in [6.07, 6.45) is 5.51. The summed E-state index contributed by atoms with van der Waals surface area (Å²) in [5, 5.41) is 2.48. The molecule has 3 heteroatoms. The average Bonchev–Trinajstić information content (AvgIpc) is 2.46. The molecule has 1 aliphatic rings. The van der Waals surface area contributed by atoms with Crippen molar-refractivity contribution < 1.29 is 14.8 Å². The summed E-state index contributed by atoms with van der Waals surface area (Å²) >= 11 is 0. The van der Waals surface area contributed by atoms with E-state index in [-0.39, 0.29) is 0 Å². The van der Waals surface area contributed by atoms with Crippen LogP contribution in [0.2, 0.25) is 0 Å². The summed E-state index contributed by atoms with van der Waals surface area (Å²) in [4.78, 5) is 0. The Labute approximate surface area is 116 Å². The quantitative estimate of drug-likeness (QED) is 0.886. The number of hydrogen-bond acceptors (Lipinski definition) is 2. The van der Waals surface area contributed by atoms with Gasteiger partial charge in [-0.1, -0.05) is 13.3 Å². The molecule has 1 fully saturated rings. The molecule has 0 aliphatic heterocycles. The van der Waals surface area contributed by atoms with Gasteiger partial charge in [-0.05, 0) is 31.4 Å². The highest BCUT2D eigenvalue weighted by molar-refractivity contribution is 5.38. The van der Waals surface area contributed by atoms with Crippen LogP contribution in [-0.4, -0.2) is 20.3 Å². The molecule has 1 saturated carbocycles. The number of rotatable bonds is 5. The van der Waals surface area contributed by atoms with E-state index in [0.29, 0.717) is 0 Å². The smallest absolute Gasteiger partial charge is 0.123 e. The van der Waals surface area contributed by atoms with Crippen LogP contribution < -0.4 is 14.8 Å². The van der Waals surface area contributed by atoms with Crippen LogP contribution in [-0.2, 0) is 6.54 Å². The number of quaternary nitrogens is 1. The third-order valence-corrected chi connectivity index (χ3v) is 4.25. The van der Waals surface area contributed by atoms with Gasteiger partial charge < -0.3 is 14.8 Å². The number of methoxy groups -OCH3 is 2. The fraction of sp³-hybridized carbons (Fsp3) is 0.625. The maximum atomic E-state index is 5.32. The van der Waals surface area contributed by atoms with Crippen molar-refractivity contribution in [3.05, 3.63) is 23.8 Å². The minimum absolute atomic E-state index is 0.769. The third kappa shape index (κ3) is 3.87. The summed E-state index contributed by atoms with van der Waals surface area (Å²) in [5.41, 5.74) is 1.27. The van der Waals surface area contributed by atoms with Gasteiger partial charge in [-0.2, -0.15) is 0 Å². The minimum Gasteiger partial charge on any atom is -0.497 e. The van der Waals surface area contributed by atoms with Crippen LogP contribution in [0.3, 0.4) is 0 Å². The van der Waals surface area contributed by atoms with E-state index in [1.165, 1.54) is 31.2 Å². The number of ether oxygens (including phenoxy) is 2. The van der Waals surface area contributed by atoms with Gasteiger partial charge in [0.2, 0.25) is 0 Å². The molecule has 0 amide bonds. The lowest BCUT2D eigenvalue weighted by molar-refractivity contribution is -0.712. The summed E-state index contributed by atoms with van der Waals surface area (Å²) in [6.45, 7) is 3.38. The predicted octanol–water partition coefficient (Wildman–Crippen LogP) is 2.35. The lowest BCUT2D eigenvalue weighted by Crippen LogP contribution is -2.90. The molecule has 1 aliphatic carbocycles. The molecular formula is C16H26NO2+. The molecule has 3 nitrogen and oxygen atoms in total. The molecule has 106 valence electrons. The Morgan fingerprint density at radius 3 is 2.26 bits per heavy atom. The Balaban J connectivity index is 1.98. The molecule has 2 rings (SSSR count). The van der Waals surface area contributed by atoms with Gasteiger partial charge in [0.1, 0.15) is 18.0 Å². The van der Waals surface area contributed by atoms with E-state index in [9.17, 15) is 0 Å². The Kier molecular flexibility index (Phi) is 5.08. The van der Waals surface area contributed by atoms with Crippen LogP contribution in [0.1, 0.15) is 38.2 Å². The van der Waals surface area contributed by atoms with E-state index in [4.69, 9.17) is 9.47 Å². The molecule has 0 heterocycles. The van der Waals surface area contributed by atoms with E-state index < -0.39 is 0 Å². The summed E-state index contributed by atoms with van der Waals surface area (Å²) < 4.78 is 10.6. The zero-order valence-electron chi connectivity index (χ0n) is 12.3. The molecule has 19 heavy (non-hydrogen) atoms. The fourth-order valence-electron chi connectivity index (χ4n) is 2.97. The molecule has 0 saturated heterocycles. The molecule has 1 aromatic rings. The normalized spacial score (nSPS) is 23.1. The van der Waals surface area contributed by atoms with Gasteiger partial charge in [0.15, 0.2) is 0 Å². The second-order valence-electron chi connectivity index (χ2n) is 5.59. The Hall–Kier alpha value is -1.22. The van der Waals surface area contributed by atoms with Crippen molar-refractivity contribution in [1.29, 1.82) is 0 Å². The Morgan fingerprint density at radius 1 is 1.05 bits per heavy atom. The van der Waals surface area contributed by atoms with Crippen LogP contribution in [0.4, 0.5) is 0 Å². The molecule has 2 N–H and O–H groups in total. The van der Waals surface area contributed by atoms with Crippen molar-refractivity contribution in [2.24, 2.45) is 5.92 Å². The van der Waals surface area contributed by atoms with Gasteiger partial charge >= 0.3 is 0 Å². The lowest BCUT2D eigenvalue weighted by atomic mass is 9.86. The first-order chi connectivity index (χ1) is 9.22. The molecule has 0 aromatic heterocycles. The lowest BCUT2D eigenvalue weighted by Gasteiger charge is -2.26. The van der Waals surface area contributed by atoms with E-state index in [1.807, 2.05) is 6.07 Å². The van der Waals surface area contributed by atoms with Crippen molar-refractivity contribution in [1.82, 2.24) is 0 Å². The van der Waals surface area contributed by atoms with Gasteiger partial charge in [0, 0.05) is 17.5 Å². The first kappa shape index (κ1) is 14.2. The number of nitrogens with two attached hydrogens (primary N) is 1. The zero-order valence-corrected chi connectivity index (χ0v) is 12.3. The molecular weight excluding hydrogens is 238 g/mol.